The molecule has 1 atom stereocenters. The van der Waals surface area contributed by atoms with E-state index in [4.69, 9.17) is 5.11 Å². The standard InChI is InChI=1S/C9H21NOS/c1-8(2)7-12-5-4-9(6-11)10-3/h8-11H,4-7H2,1-3H3. The minimum atomic E-state index is 0.249. The first-order valence-electron chi connectivity index (χ1n) is 4.56. The first kappa shape index (κ1) is 12.3. The highest BCUT2D eigenvalue weighted by molar-refractivity contribution is 7.99. The van der Waals surface area contributed by atoms with E-state index in [2.05, 4.69) is 19.2 Å². The number of aliphatic hydroxyl groups is 1. The Morgan fingerprint density at radius 3 is 2.50 bits per heavy atom. The Balaban J connectivity index is 3.17. The predicted molar refractivity (Wildman–Crippen MR) is 56.7 cm³/mol. The average molecular weight is 191 g/mol. The number of nitrogens with one attached hydrogen (secondary N) is 1. The molecule has 0 fully saturated rings. The van der Waals surface area contributed by atoms with Crippen LogP contribution in [0.4, 0.5) is 0 Å². The monoisotopic (exact) mass is 191 g/mol. The van der Waals surface area contributed by atoms with Crippen molar-refractivity contribution in [1.29, 1.82) is 0 Å². The number of aliphatic hydroxyl groups excluding tert-OH is 1. The van der Waals surface area contributed by atoms with E-state index < -0.39 is 0 Å². The van der Waals surface area contributed by atoms with Crippen molar-refractivity contribution in [3.63, 3.8) is 0 Å². The Morgan fingerprint density at radius 1 is 1.42 bits per heavy atom. The van der Waals surface area contributed by atoms with Crippen molar-refractivity contribution < 1.29 is 5.11 Å². The van der Waals surface area contributed by atoms with Crippen molar-refractivity contribution in [2.75, 3.05) is 25.2 Å². The van der Waals surface area contributed by atoms with E-state index in [1.807, 2.05) is 18.8 Å². The molecule has 0 bridgehead atoms. The Hall–Kier alpha value is 0.270. The van der Waals surface area contributed by atoms with Gasteiger partial charge in [-0.25, -0.2) is 0 Å². The Kier molecular flexibility index (Phi) is 8.07. The zero-order valence-electron chi connectivity index (χ0n) is 8.34. The van der Waals surface area contributed by atoms with Gasteiger partial charge in [-0.2, -0.15) is 11.8 Å². The fraction of sp³-hybridized carbons (Fsp3) is 1.00. The lowest BCUT2D eigenvalue weighted by atomic mass is 10.2. The minimum Gasteiger partial charge on any atom is -0.395 e. The molecule has 0 aromatic heterocycles. The van der Waals surface area contributed by atoms with Gasteiger partial charge in [0, 0.05) is 6.04 Å². The summed E-state index contributed by atoms with van der Waals surface area (Å²) in [6, 6.07) is 0.282. The molecular formula is C9H21NOS. The Morgan fingerprint density at radius 2 is 2.08 bits per heavy atom. The molecule has 74 valence electrons. The molecule has 2 N–H and O–H groups in total. The van der Waals surface area contributed by atoms with Crippen molar-refractivity contribution in [3.05, 3.63) is 0 Å². The summed E-state index contributed by atoms with van der Waals surface area (Å²) >= 11 is 1.97. The van der Waals surface area contributed by atoms with Crippen LogP contribution in [-0.4, -0.2) is 36.3 Å². The first-order chi connectivity index (χ1) is 5.70. The van der Waals surface area contributed by atoms with Crippen LogP contribution in [0.3, 0.4) is 0 Å². The first-order valence-corrected chi connectivity index (χ1v) is 5.72. The lowest BCUT2D eigenvalue weighted by Gasteiger charge is -2.12. The second kappa shape index (κ2) is 7.90. The van der Waals surface area contributed by atoms with Gasteiger partial charge in [-0.05, 0) is 30.9 Å². The van der Waals surface area contributed by atoms with E-state index in [1.165, 1.54) is 5.75 Å². The predicted octanol–water partition coefficient (Wildman–Crippen LogP) is 1.35. The molecule has 0 aliphatic carbocycles. The largest absolute Gasteiger partial charge is 0.395 e. The summed E-state index contributed by atoms with van der Waals surface area (Å²) < 4.78 is 0. The average Bonchev–Trinajstić information content (AvgIpc) is 2.04. The van der Waals surface area contributed by atoms with Gasteiger partial charge < -0.3 is 10.4 Å². The van der Waals surface area contributed by atoms with Crippen molar-refractivity contribution in [2.24, 2.45) is 5.92 Å². The summed E-state index contributed by atoms with van der Waals surface area (Å²) in [5.74, 6) is 3.14. The van der Waals surface area contributed by atoms with Crippen LogP contribution in [0.1, 0.15) is 20.3 Å². The van der Waals surface area contributed by atoms with E-state index in [1.54, 1.807) is 0 Å². The zero-order valence-corrected chi connectivity index (χ0v) is 9.16. The third kappa shape index (κ3) is 6.95. The number of rotatable bonds is 7. The molecule has 0 spiro atoms. The SMILES string of the molecule is CNC(CO)CCSCC(C)C. The van der Waals surface area contributed by atoms with Gasteiger partial charge >= 0.3 is 0 Å². The highest BCUT2D eigenvalue weighted by Crippen LogP contribution is 2.09. The van der Waals surface area contributed by atoms with Crippen molar-refractivity contribution >= 4 is 11.8 Å². The van der Waals surface area contributed by atoms with Gasteiger partial charge in [0.2, 0.25) is 0 Å². The Bertz CT molecular complexity index is 94.5. The third-order valence-corrected chi connectivity index (χ3v) is 3.12. The van der Waals surface area contributed by atoms with Crippen LogP contribution in [-0.2, 0) is 0 Å². The van der Waals surface area contributed by atoms with Crippen molar-refractivity contribution in [3.8, 4) is 0 Å². The molecule has 3 heteroatoms. The maximum Gasteiger partial charge on any atom is 0.0584 e. The lowest BCUT2D eigenvalue weighted by Crippen LogP contribution is -2.29. The molecule has 0 aliphatic rings. The summed E-state index contributed by atoms with van der Waals surface area (Å²) in [7, 11) is 1.90. The molecule has 0 aromatic rings. The highest BCUT2D eigenvalue weighted by Gasteiger charge is 2.03. The van der Waals surface area contributed by atoms with Gasteiger partial charge in [-0.3, -0.25) is 0 Å². The molecule has 1 unspecified atom stereocenters. The quantitative estimate of drug-likeness (QED) is 0.596. The normalized spacial score (nSPS) is 13.8. The molecule has 0 heterocycles. The number of hydrogen-bond donors (Lipinski definition) is 2. The van der Waals surface area contributed by atoms with Crippen LogP contribution >= 0.6 is 11.8 Å². The Labute approximate surface area is 80.1 Å². The topological polar surface area (TPSA) is 32.3 Å². The summed E-state index contributed by atoms with van der Waals surface area (Å²) in [6.45, 7) is 4.71. The van der Waals surface area contributed by atoms with Crippen LogP contribution in [0, 0.1) is 5.92 Å². The van der Waals surface area contributed by atoms with Crippen LogP contribution in [0.5, 0.6) is 0 Å². The fourth-order valence-corrected chi connectivity index (χ4v) is 1.96. The fourth-order valence-electron chi connectivity index (χ4n) is 0.872. The molecule has 0 amide bonds. The molecule has 0 aliphatic heterocycles. The second-order valence-electron chi connectivity index (χ2n) is 3.43. The summed E-state index contributed by atoms with van der Waals surface area (Å²) in [6.07, 6.45) is 1.06. The minimum absolute atomic E-state index is 0.249. The molecule has 12 heavy (non-hydrogen) atoms. The molecule has 0 rings (SSSR count). The molecule has 2 nitrogen and oxygen atoms in total. The summed E-state index contributed by atoms with van der Waals surface area (Å²) in [5.41, 5.74) is 0. The number of hydrogen-bond acceptors (Lipinski definition) is 3. The third-order valence-electron chi connectivity index (χ3n) is 1.69. The van der Waals surface area contributed by atoms with Gasteiger partial charge in [0.1, 0.15) is 0 Å². The van der Waals surface area contributed by atoms with Gasteiger partial charge in [-0.1, -0.05) is 13.8 Å². The van der Waals surface area contributed by atoms with E-state index in [-0.39, 0.29) is 12.6 Å². The molecule has 0 aromatic carbocycles. The van der Waals surface area contributed by atoms with Crippen LogP contribution in [0.15, 0.2) is 0 Å². The van der Waals surface area contributed by atoms with Gasteiger partial charge in [0.15, 0.2) is 0 Å². The maximum atomic E-state index is 8.86. The van der Waals surface area contributed by atoms with Gasteiger partial charge in [0.25, 0.3) is 0 Å². The van der Waals surface area contributed by atoms with E-state index in [9.17, 15) is 0 Å². The maximum absolute atomic E-state index is 8.86. The van der Waals surface area contributed by atoms with Gasteiger partial charge in [0.05, 0.1) is 6.61 Å². The number of thioether (sulfide) groups is 1. The molecule has 0 radical (unpaired) electrons. The highest BCUT2D eigenvalue weighted by atomic mass is 32.2. The van der Waals surface area contributed by atoms with Crippen LogP contribution < -0.4 is 5.32 Å². The molecular weight excluding hydrogens is 170 g/mol. The zero-order chi connectivity index (χ0) is 9.40. The summed E-state index contributed by atoms with van der Waals surface area (Å²) in [4.78, 5) is 0. The smallest absolute Gasteiger partial charge is 0.0584 e. The van der Waals surface area contributed by atoms with E-state index >= 15 is 0 Å². The van der Waals surface area contributed by atoms with Crippen molar-refractivity contribution in [2.45, 2.75) is 26.3 Å². The van der Waals surface area contributed by atoms with E-state index in [0.29, 0.717) is 0 Å². The second-order valence-corrected chi connectivity index (χ2v) is 4.58. The van der Waals surface area contributed by atoms with Crippen molar-refractivity contribution in [1.82, 2.24) is 5.32 Å². The summed E-state index contributed by atoms with van der Waals surface area (Å²) in [5, 5.41) is 11.9. The molecule has 0 saturated heterocycles. The van der Waals surface area contributed by atoms with E-state index in [0.717, 1.165) is 18.1 Å². The van der Waals surface area contributed by atoms with Crippen LogP contribution in [0.25, 0.3) is 0 Å². The lowest BCUT2D eigenvalue weighted by molar-refractivity contribution is 0.246. The van der Waals surface area contributed by atoms with Crippen LogP contribution in [0.2, 0.25) is 0 Å². The number of likely N-dealkylation sites (N-methyl/N-ethyl adjacent to an activating group) is 1. The van der Waals surface area contributed by atoms with Gasteiger partial charge in [-0.15, -0.1) is 0 Å². The molecule has 0 saturated carbocycles.